The van der Waals surface area contributed by atoms with Crippen molar-refractivity contribution in [2.75, 3.05) is 0 Å². The maximum absolute atomic E-state index is 12.8. The standard InChI is InChI=1S/C20H16Cl2N4O2/c1-23-15-4-2-12(3-5-15)10-24-16-9-18-19(27)26(20(28)25(18)11-16)17-7-13(21)6-14(22)8-17/h2-8,16,24,27H,9-11H2/t16-/m0/s1. The Bertz CT molecular complexity index is 1120. The van der Waals surface area contributed by atoms with E-state index in [-0.39, 0.29) is 17.6 Å². The molecule has 3 aromatic rings. The summed E-state index contributed by atoms with van der Waals surface area (Å²) in [6, 6.07) is 12.2. The highest BCUT2D eigenvalue weighted by Gasteiger charge is 2.30. The molecule has 142 valence electrons. The van der Waals surface area contributed by atoms with E-state index in [0.717, 1.165) is 5.56 Å². The molecule has 2 heterocycles. The zero-order valence-electron chi connectivity index (χ0n) is 14.7. The van der Waals surface area contributed by atoms with Crippen LogP contribution in [0.1, 0.15) is 11.3 Å². The van der Waals surface area contributed by atoms with Gasteiger partial charge in [0.2, 0.25) is 5.88 Å². The number of imidazole rings is 1. The highest BCUT2D eigenvalue weighted by molar-refractivity contribution is 6.34. The molecule has 0 amide bonds. The molecule has 1 atom stereocenters. The van der Waals surface area contributed by atoms with Crippen molar-refractivity contribution in [3.63, 3.8) is 0 Å². The maximum atomic E-state index is 12.8. The second-order valence-corrected chi connectivity index (χ2v) is 7.56. The van der Waals surface area contributed by atoms with E-state index >= 15 is 0 Å². The Morgan fingerprint density at radius 2 is 1.86 bits per heavy atom. The second-order valence-electron chi connectivity index (χ2n) is 6.69. The minimum Gasteiger partial charge on any atom is -0.493 e. The van der Waals surface area contributed by atoms with Crippen LogP contribution in [0.3, 0.4) is 0 Å². The van der Waals surface area contributed by atoms with Crippen LogP contribution in [0.15, 0.2) is 47.3 Å². The fraction of sp³-hybridized carbons (Fsp3) is 0.200. The number of fused-ring (bicyclic) bond motifs is 1. The summed E-state index contributed by atoms with van der Waals surface area (Å²) in [5.41, 5.74) is 2.36. The lowest BCUT2D eigenvalue weighted by molar-refractivity contribution is 0.429. The molecular formula is C20H16Cl2N4O2. The molecular weight excluding hydrogens is 399 g/mol. The molecule has 0 saturated carbocycles. The monoisotopic (exact) mass is 414 g/mol. The first-order valence-electron chi connectivity index (χ1n) is 8.66. The molecule has 0 unspecified atom stereocenters. The minimum atomic E-state index is -0.323. The molecule has 6 nitrogen and oxygen atoms in total. The van der Waals surface area contributed by atoms with Crippen LogP contribution in [0.4, 0.5) is 5.69 Å². The van der Waals surface area contributed by atoms with Gasteiger partial charge in [0.15, 0.2) is 5.69 Å². The molecule has 1 aliphatic heterocycles. The summed E-state index contributed by atoms with van der Waals surface area (Å²) >= 11 is 12.1. The summed E-state index contributed by atoms with van der Waals surface area (Å²) in [7, 11) is 0. The Labute approximate surface area is 171 Å². The number of hydrogen-bond acceptors (Lipinski definition) is 3. The number of aromatic nitrogens is 2. The van der Waals surface area contributed by atoms with Gasteiger partial charge < -0.3 is 10.4 Å². The van der Waals surface area contributed by atoms with Crippen LogP contribution in [0.25, 0.3) is 10.5 Å². The highest BCUT2D eigenvalue weighted by atomic mass is 35.5. The summed E-state index contributed by atoms with van der Waals surface area (Å²) in [4.78, 5) is 16.2. The summed E-state index contributed by atoms with van der Waals surface area (Å²) in [6.07, 6.45) is 0.530. The van der Waals surface area contributed by atoms with Gasteiger partial charge in [-0.1, -0.05) is 47.5 Å². The summed E-state index contributed by atoms with van der Waals surface area (Å²) in [5.74, 6) is -0.0888. The van der Waals surface area contributed by atoms with Crippen LogP contribution >= 0.6 is 23.2 Å². The average molecular weight is 415 g/mol. The van der Waals surface area contributed by atoms with Crippen LogP contribution in [0.2, 0.25) is 10.0 Å². The van der Waals surface area contributed by atoms with E-state index in [9.17, 15) is 9.90 Å². The van der Waals surface area contributed by atoms with Crippen molar-refractivity contribution in [1.82, 2.24) is 14.5 Å². The van der Waals surface area contributed by atoms with Gasteiger partial charge in [0.1, 0.15) is 0 Å². The minimum absolute atomic E-state index is 0.0340. The number of hydrogen-bond donors (Lipinski definition) is 2. The van der Waals surface area contributed by atoms with Gasteiger partial charge in [-0.25, -0.2) is 14.2 Å². The Hall–Kier alpha value is -2.72. The number of aromatic hydroxyl groups is 1. The molecule has 0 saturated heterocycles. The quantitative estimate of drug-likeness (QED) is 0.635. The summed E-state index contributed by atoms with van der Waals surface area (Å²) in [5, 5.41) is 14.8. The number of benzene rings is 2. The van der Waals surface area contributed by atoms with Crippen LogP contribution in [0, 0.1) is 6.57 Å². The third kappa shape index (κ3) is 3.40. The predicted molar refractivity (Wildman–Crippen MR) is 109 cm³/mol. The predicted octanol–water partition coefficient (Wildman–Crippen LogP) is 3.92. The molecule has 0 fully saturated rings. The van der Waals surface area contributed by atoms with E-state index in [4.69, 9.17) is 29.8 Å². The fourth-order valence-electron chi connectivity index (χ4n) is 3.47. The van der Waals surface area contributed by atoms with Crippen molar-refractivity contribution in [2.45, 2.75) is 25.6 Å². The Morgan fingerprint density at radius 1 is 1.18 bits per heavy atom. The van der Waals surface area contributed by atoms with Crippen molar-refractivity contribution < 1.29 is 5.11 Å². The molecule has 1 aliphatic rings. The van der Waals surface area contributed by atoms with E-state index in [1.165, 1.54) is 4.57 Å². The average Bonchev–Trinajstić information content (AvgIpc) is 3.19. The van der Waals surface area contributed by atoms with Crippen LogP contribution in [0.5, 0.6) is 5.88 Å². The lowest BCUT2D eigenvalue weighted by Gasteiger charge is -2.13. The van der Waals surface area contributed by atoms with Crippen LogP contribution in [-0.4, -0.2) is 20.3 Å². The first-order valence-corrected chi connectivity index (χ1v) is 9.41. The Morgan fingerprint density at radius 3 is 2.46 bits per heavy atom. The maximum Gasteiger partial charge on any atom is 0.335 e. The normalized spacial score (nSPS) is 15.4. The summed E-state index contributed by atoms with van der Waals surface area (Å²) < 4.78 is 2.80. The molecule has 1 aromatic heterocycles. The first kappa shape index (κ1) is 18.6. The molecule has 4 rings (SSSR count). The van der Waals surface area contributed by atoms with Crippen molar-refractivity contribution in [1.29, 1.82) is 0 Å². The van der Waals surface area contributed by atoms with E-state index < -0.39 is 0 Å². The number of rotatable bonds is 4. The molecule has 8 heteroatoms. The van der Waals surface area contributed by atoms with Gasteiger partial charge in [-0.3, -0.25) is 4.57 Å². The largest absolute Gasteiger partial charge is 0.493 e. The van der Waals surface area contributed by atoms with Gasteiger partial charge in [0, 0.05) is 35.6 Å². The molecule has 2 N–H and O–H groups in total. The highest BCUT2D eigenvalue weighted by Crippen LogP contribution is 2.29. The molecule has 0 radical (unpaired) electrons. The van der Waals surface area contributed by atoms with E-state index in [0.29, 0.717) is 46.6 Å². The third-order valence-corrected chi connectivity index (χ3v) is 5.26. The zero-order valence-corrected chi connectivity index (χ0v) is 16.2. The van der Waals surface area contributed by atoms with Gasteiger partial charge >= 0.3 is 5.69 Å². The van der Waals surface area contributed by atoms with E-state index in [1.54, 1.807) is 34.9 Å². The SMILES string of the molecule is [C-]#[N+]c1ccc(CN[C@H]2Cc3c(O)n(-c4cc(Cl)cc(Cl)c4)c(=O)n3C2)cc1. The Kier molecular flexibility index (Phi) is 4.90. The Balaban J connectivity index is 1.52. The first-order chi connectivity index (χ1) is 13.5. The smallest absolute Gasteiger partial charge is 0.335 e. The molecule has 0 spiro atoms. The van der Waals surface area contributed by atoms with E-state index in [2.05, 4.69) is 10.2 Å². The van der Waals surface area contributed by atoms with Crippen LogP contribution in [-0.2, 0) is 19.5 Å². The van der Waals surface area contributed by atoms with Gasteiger partial charge in [0.25, 0.3) is 0 Å². The third-order valence-electron chi connectivity index (χ3n) is 4.83. The lowest BCUT2D eigenvalue weighted by Crippen LogP contribution is -2.33. The van der Waals surface area contributed by atoms with Gasteiger partial charge in [-0.2, -0.15) is 0 Å². The molecule has 0 bridgehead atoms. The van der Waals surface area contributed by atoms with Gasteiger partial charge in [0.05, 0.1) is 18.0 Å². The van der Waals surface area contributed by atoms with Gasteiger partial charge in [-0.15, -0.1) is 0 Å². The topological polar surface area (TPSA) is 63.6 Å². The van der Waals surface area contributed by atoms with Crippen LogP contribution < -0.4 is 11.0 Å². The van der Waals surface area contributed by atoms with Crippen molar-refractivity contribution >= 4 is 28.9 Å². The van der Waals surface area contributed by atoms with Crippen molar-refractivity contribution in [3.8, 4) is 11.6 Å². The number of halogens is 2. The summed E-state index contributed by atoms with van der Waals surface area (Å²) in [6.45, 7) is 8.07. The van der Waals surface area contributed by atoms with Gasteiger partial charge in [-0.05, 0) is 23.8 Å². The van der Waals surface area contributed by atoms with Crippen molar-refractivity contribution in [2.24, 2.45) is 0 Å². The molecule has 0 aliphatic carbocycles. The molecule has 2 aromatic carbocycles. The van der Waals surface area contributed by atoms with Crippen molar-refractivity contribution in [3.05, 3.63) is 85.7 Å². The number of nitrogens with zero attached hydrogens (tertiary/aromatic N) is 3. The van der Waals surface area contributed by atoms with E-state index in [1.807, 2.05) is 12.1 Å². The second kappa shape index (κ2) is 7.36. The zero-order chi connectivity index (χ0) is 19.8. The molecule has 28 heavy (non-hydrogen) atoms. The number of nitrogens with one attached hydrogen (secondary N) is 1. The fourth-order valence-corrected chi connectivity index (χ4v) is 3.99. The lowest BCUT2D eigenvalue weighted by atomic mass is 10.1.